The normalized spacial score (nSPS) is 14.0. The lowest BCUT2D eigenvalue weighted by molar-refractivity contribution is -0.118. The van der Waals surface area contributed by atoms with Gasteiger partial charge in [-0.15, -0.1) is 0 Å². The van der Waals surface area contributed by atoms with Crippen LogP contribution in [-0.4, -0.2) is 49.7 Å². The van der Waals surface area contributed by atoms with E-state index in [0.29, 0.717) is 27.6 Å². The molecule has 12 heteroatoms. The number of aryl methyl sites for hydroxylation is 2. The fourth-order valence-electron chi connectivity index (χ4n) is 4.52. The molecule has 0 unspecified atom stereocenters. The van der Waals surface area contributed by atoms with Crippen LogP contribution >= 0.6 is 15.9 Å². The molecule has 2 heterocycles. The molecule has 1 saturated heterocycles. The van der Waals surface area contributed by atoms with Gasteiger partial charge in [-0.2, -0.15) is 10.2 Å². The summed E-state index contributed by atoms with van der Waals surface area (Å²) in [6.07, 6.45) is 4.31. The summed E-state index contributed by atoms with van der Waals surface area (Å²) in [6, 6.07) is 13.5. The summed E-state index contributed by atoms with van der Waals surface area (Å²) in [6.45, 7) is 5.37. The highest BCUT2D eigenvalue weighted by Gasteiger charge is 2.21. The standard InChI is InChI=1S/C27H29BrN6O4S/c1-17-11-20(15-29)12-18(2)25(17)38-26-23(28)16-30-27(32-26)31-21-7-9-34(10-8-21)22-6-4-5-19(13-22)14-24(35)33-39(3,36)37/h4-6,11-13,16,21H,7-10,14H2,1-3H3,(H,33,35)(H,30,31,32). The van der Waals surface area contributed by atoms with Crippen LogP contribution in [0.1, 0.15) is 35.1 Å². The summed E-state index contributed by atoms with van der Waals surface area (Å²) in [5, 5.41) is 12.6. The molecule has 0 atom stereocenters. The van der Waals surface area contributed by atoms with Crippen LogP contribution in [-0.2, 0) is 21.2 Å². The summed E-state index contributed by atoms with van der Waals surface area (Å²) in [5.74, 6) is 0.954. The second-order valence-electron chi connectivity index (χ2n) is 9.55. The number of ether oxygens (including phenoxy) is 1. The number of nitrogens with one attached hydrogen (secondary N) is 2. The Morgan fingerprint density at radius 2 is 1.90 bits per heavy atom. The van der Waals surface area contributed by atoms with Crippen LogP contribution in [0.4, 0.5) is 11.6 Å². The van der Waals surface area contributed by atoms with Gasteiger partial charge in [-0.25, -0.2) is 13.4 Å². The molecule has 2 aromatic carbocycles. The van der Waals surface area contributed by atoms with Gasteiger partial charge in [0.05, 0.1) is 35.0 Å². The van der Waals surface area contributed by atoms with E-state index < -0.39 is 15.9 Å². The fourth-order valence-corrected chi connectivity index (χ4v) is 5.28. The molecule has 0 bridgehead atoms. The number of hydrogen-bond donors (Lipinski definition) is 2. The maximum absolute atomic E-state index is 12.0. The van der Waals surface area contributed by atoms with Gasteiger partial charge in [0.25, 0.3) is 0 Å². The Labute approximate surface area is 236 Å². The number of benzene rings is 2. The second-order valence-corrected chi connectivity index (χ2v) is 12.2. The van der Waals surface area contributed by atoms with Gasteiger partial charge in [0.15, 0.2) is 0 Å². The van der Waals surface area contributed by atoms with Gasteiger partial charge in [-0.1, -0.05) is 12.1 Å². The zero-order valence-electron chi connectivity index (χ0n) is 21.9. The number of halogens is 1. The van der Waals surface area contributed by atoms with Gasteiger partial charge >= 0.3 is 0 Å². The maximum Gasteiger partial charge on any atom is 0.238 e. The number of hydrogen-bond acceptors (Lipinski definition) is 9. The van der Waals surface area contributed by atoms with Gasteiger partial charge in [0, 0.05) is 24.8 Å². The molecule has 2 N–H and O–H groups in total. The van der Waals surface area contributed by atoms with E-state index in [9.17, 15) is 18.5 Å². The van der Waals surface area contributed by atoms with E-state index in [2.05, 4.69) is 42.2 Å². The first-order chi connectivity index (χ1) is 18.5. The smallest absolute Gasteiger partial charge is 0.238 e. The lowest BCUT2D eigenvalue weighted by Crippen LogP contribution is -2.39. The van der Waals surface area contributed by atoms with Gasteiger partial charge < -0.3 is 15.0 Å². The van der Waals surface area contributed by atoms with Crippen molar-refractivity contribution in [2.24, 2.45) is 0 Å². The van der Waals surface area contributed by atoms with Crippen molar-refractivity contribution in [3.05, 3.63) is 69.3 Å². The van der Waals surface area contributed by atoms with Gasteiger partial charge in [0.2, 0.25) is 27.8 Å². The number of amides is 1. The molecular weight excluding hydrogens is 584 g/mol. The molecule has 0 saturated carbocycles. The predicted octanol–water partition coefficient (Wildman–Crippen LogP) is 4.22. The van der Waals surface area contributed by atoms with E-state index in [1.54, 1.807) is 18.3 Å². The molecule has 10 nitrogen and oxygen atoms in total. The van der Waals surface area contributed by atoms with Crippen LogP contribution in [0.25, 0.3) is 0 Å². The predicted molar refractivity (Wildman–Crippen MR) is 152 cm³/mol. The van der Waals surface area contributed by atoms with E-state index in [1.165, 1.54) is 0 Å². The minimum absolute atomic E-state index is 0.00818. The van der Waals surface area contributed by atoms with Gasteiger partial charge in [-0.3, -0.25) is 9.52 Å². The van der Waals surface area contributed by atoms with Crippen LogP contribution in [0, 0.1) is 25.2 Å². The van der Waals surface area contributed by atoms with Crippen molar-refractivity contribution < 1.29 is 17.9 Å². The summed E-state index contributed by atoms with van der Waals surface area (Å²) in [5.41, 5.74) is 4.01. The van der Waals surface area contributed by atoms with Crippen LogP contribution < -0.4 is 19.7 Å². The first kappa shape index (κ1) is 28.3. The molecule has 0 spiro atoms. The number of sulfonamides is 1. The Morgan fingerprint density at radius 1 is 1.21 bits per heavy atom. The summed E-state index contributed by atoms with van der Waals surface area (Å²) in [7, 11) is -3.58. The molecule has 1 fully saturated rings. The van der Waals surface area contributed by atoms with E-state index in [-0.39, 0.29) is 12.5 Å². The molecule has 0 aliphatic carbocycles. The Morgan fingerprint density at radius 3 is 2.54 bits per heavy atom. The highest BCUT2D eigenvalue weighted by Crippen LogP contribution is 2.33. The number of carbonyl (C=O) groups is 1. The molecule has 1 aliphatic heterocycles. The molecular formula is C27H29BrN6O4S. The van der Waals surface area contributed by atoms with Crippen molar-refractivity contribution in [2.75, 3.05) is 29.6 Å². The quantitative estimate of drug-likeness (QED) is 0.383. The highest BCUT2D eigenvalue weighted by atomic mass is 79.9. The minimum atomic E-state index is -3.58. The minimum Gasteiger partial charge on any atom is -0.437 e. The van der Waals surface area contributed by atoms with E-state index in [4.69, 9.17) is 4.74 Å². The van der Waals surface area contributed by atoms with Crippen molar-refractivity contribution in [3.63, 3.8) is 0 Å². The third-order valence-corrected chi connectivity index (χ3v) is 7.41. The molecule has 1 aromatic heterocycles. The molecule has 1 aliphatic rings. The van der Waals surface area contributed by atoms with Crippen LogP contribution in [0.3, 0.4) is 0 Å². The maximum atomic E-state index is 12.0. The molecule has 39 heavy (non-hydrogen) atoms. The third-order valence-electron chi connectivity index (χ3n) is 6.27. The second kappa shape index (κ2) is 12.0. The fraction of sp³-hybridized carbons (Fsp3) is 0.333. The summed E-state index contributed by atoms with van der Waals surface area (Å²) >= 11 is 3.47. The summed E-state index contributed by atoms with van der Waals surface area (Å²) in [4.78, 5) is 23.2. The highest BCUT2D eigenvalue weighted by molar-refractivity contribution is 9.10. The molecule has 204 valence electrons. The lowest BCUT2D eigenvalue weighted by atomic mass is 10.0. The van der Waals surface area contributed by atoms with Crippen molar-refractivity contribution in [1.82, 2.24) is 14.7 Å². The first-order valence-corrected chi connectivity index (χ1v) is 15.0. The van der Waals surface area contributed by atoms with Crippen LogP contribution in [0.15, 0.2) is 47.1 Å². The largest absolute Gasteiger partial charge is 0.437 e. The number of piperidine rings is 1. The first-order valence-electron chi connectivity index (χ1n) is 12.3. The van der Waals surface area contributed by atoms with Crippen LogP contribution in [0.2, 0.25) is 0 Å². The van der Waals surface area contributed by atoms with Crippen LogP contribution in [0.5, 0.6) is 11.6 Å². The molecule has 1 amide bonds. The lowest BCUT2D eigenvalue weighted by Gasteiger charge is -2.34. The van der Waals surface area contributed by atoms with Gasteiger partial charge in [-0.05, 0) is 83.6 Å². The Bertz CT molecular complexity index is 1510. The third kappa shape index (κ3) is 7.68. The Kier molecular flexibility index (Phi) is 8.72. The zero-order chi connectivity index (χ0) is 28.2. The monoisotopic (exact) mass is 612 g/mol. The van der Waals surface area contributed by atoms with E-state index in [0.717, 1.165) is 54.6 Å². The van der Waals surface area contributed by atoms with Gasteiger partial charge in [0.1, 0.15) is 5.75 Å². The number of carbonyl (C=O) groups excluding carboxylic acids is 1. The zero-order valence-corrected chi connectivity index (χ0v) is 24.3. The Balaban J connectivity index is 1.37. The molecule has 3 aromatic rings. The topological polar surface area (TPSA) is 137 Å². The average molecular weight is 614 g/mol. The van der Waals surface area contributed by atoms with E-state index in [1.807, 2.05) is 42.8 Å². The van der Waals surface area contributed by atoms with Crippen molar-refractivity contribution in [3.8, 4) is 17.7 Å². The Hall–Kier alpha value is -3.69. The number of nitrogens with zero attached hydrogens (tertiary/aromatic N) is 4. The van der Waals surface area contributed by atoms with Crippen molar-refractivity contribution in [1.29, 1.82) is 5.26 Å². The number of anilines is 2. The number of aromatic nitrogens is 2. The summed E-state index contributed by atoms with van der Waals surface area (Å²) < 4.78 is 31.3. The average Bonchev–Trinajstić information content (AvgIpc) is 2.87. The SMILES string of the molecule is Cc1cc(C#N)cc(C)c1Oc1nc(NC2CCN(c3cccc(CC(=O)NS(C)(=O)=O)c3)CC2)ncc1Br. The van der Waals surface area contributed by atoms with Crippen molar-refractivity contribution >= 4 is 43.5 Å². The van der Waals surface area contributed by atoms with Crippen molar-refractivity contribution in [2.45, 2.75) is 39.2 Å². The number of nitriles is 1. The van der Waals surface area contributed by atoms with E-state index >= 15 is 0 Å². The number of rotatable bonds is 8. The molecule has 4 rings (SSSR count). The molecule has 0 radical (unpaired) electrons.